The fourth-order valence-corrected chi connectivity index (χ4v) is 6.05. The maximum Gasteiger partial charge on any atom is 0.328 e. The van der Waals surface area contributed by atoms with Gasteiger partial charge in [0.05, 0.1) is 17.0 Å². The number of aromatic hydroxyl groups is 2. The van der Waals surface area contributed by atoms with E-state index >= 15 is 0 Å². The number of phenolic OH excluding ortho intramolecular Hbond substituents is 2. The van der Waals surface area contributed by atoms with E-state index in [1.54, 1.807) is 0 Å². The van der Waals surface area contributed by atoms with Gasteiger partial charge in [0.2, 0.25) is 5.91 Å². The number of carboxylic acids is 1. The van der Waals surface area contributed by atoms with Gasteiger partial charge in [-0.15, -0.1) is 0 Å². The molecule has 5 N–H and O–H groups in total. The molecule has 15 heteroatoms. The number of hydrazone groups is 1. The minimum absolute atomic E-state index is 0.224. The molecule has 2 fully saturated rings. The van der Waals surface area contributed by atoms with Crippen molar-refractivity contribution in [2.75, 3.05) is 0 Å². The van der Waals surface area contributed by atoms with Crippen molar-refractivity contribution in [2.45, 2.75) is 42.5 Å². The van der Waals surface area contributed by atoms with Gasteiger partial charge in [0.1, 0.15) is 16.2 Å². The molecule has 2 heterocycles. The first-order valence-corrected chi connectivity index (χ1v) is 11.3. The number of halogens is 1. The number of aliphatic carboxylic acids is 1. The van der Waals surface area contributed by atoms with Gasteiger partial charge in [0.15, 0.2) is 27.4 Å². The number of nitrogens with one attached hydrogen (secondary N) is 2. The molecule has 3 amide bonds. The van der Waals surface area contributed by atoms with E-state index < -0.39 is 72.3 Å². The molecular weight excluding hydrogens is 484 g/mol. The van der Waals surface area contributed by atoms with E-state index in [0.29, 0.717) is 0 Å². The monoisotopic (exact) mass is 502 g/mol. The Kier molecular flexibility index (Phi) is 6.02. The highest BCUT2D eigenvalue weighted by atomic mass is 35.5. The highest BCUT2D eigenvalue weighted by molar-refractivity contribution is 7.94. The Morgan fingerprint density at radius 2 is 1.97 bits per heavy atom. The van der Waals surface area contributed by atoms with Gasteiger partial charge < -0.3 is 25.5 Å². The average Bonchev–Trinajstić information content (AvgIpc) is 2.86. The van der Waals surface area contributed by atoms with Crippen molar-refractivity contribution >= 4 is 51.3 Å². The third-order valence-electron chi connectivity index (χ3n) is 5.55. The summed E-state index contributed by atoms with van der Waals surface area (Å²) in [6.45, 7) is 2.36. The predicted molar refractivity (Wildman–Crippen MR) is 112 cm³/mol. The number of sulfone groups is 1. The van der Waals surface area contributed by atoms with E-state index in [1.807, 2.05) is 5.43 Å². The van der Waals surface area contributed by atoms with E-state index in [0.717, 1.165) is 30.2 Å². The smallest absolute Gasteiger partial charge is 0.328 e. The lowest BCUT2D eigenvalue weighted by atomic mass is 9.97. The lowest BCUT2D eigenvalue weighted by Gasteiger charge is -2.35. The number of rotatable bonds is 6. The molecule has 0 radical (unpaired) electrons. The van der Waals surface area contributed by atoms with E-state index in [9.17, 15) is 42.9 Å². The lowest BCUT2D eigenvalue weighted by molar-refractivity contribution is -0.156. The van der Waals surface area contributed by atoms with Crippen LogP contribution in [0.2, 0.25) is 5.02 Å². The minimum atomic E-state index is -4.15. The summed E-state index contributed by atoms with van der Waals surface area (Å²) in [6.07, 6.45) is 0.411. The van der Waals surface area contributed by atoms with Crippen molar-refractivity contribution in [1.82, 2.24) is 15.6 Å². The molecular formula is C18H19ClN4O9S. The van der Waals surface area contributed by atoms with Crippen LogP contribution in [0.1, 0.15) is 30.6 Å². The van der Waals surface area contributed by atoms with Crippen LogP contribution >= 0.6 is 11.6 Å². The highest BCUT2D eigenvalue weighted by Crippen LogP contribution is 2.45. The molecule has 33 heavy (non-hydrogen) atoms. The fraction of sp³-hybridized carbons (Fsp3) is 0.389. The molecule has 178 valence electrons. The third kappa shape index (κ3) is 3.74. The zero-order valence-corrected chi connectivity index (χ0v) is 18.7. The Balaban J connectivity index is 1.71. The fourth-order valence-electron chi connectivity index (χ4n) is 3.59. The van der Waals surface area contributed by atoms with Crippen LogP contribution in [0, 0.1) is 0 Å². The second-order valence-electron chi connectivity index (χ2n) is 7.65. The number of β-lactam (4-membered cyclic amide) rings is 1. The first kappa shape index (κ1) is 24.3. The summed E-state index contributed by atoms with van der Waals surface area (Å²) in [4.78, 5) is 48.8. The first-order chi connectivity index (χ1) is 15.2. The van der Waals surface area contributed by atoms with Gasteiger partial charge in [0.25, 0.3) is 11.8 Å². The molecule has 1 unspecified atom stereocenters. The number of hydrogen-bond donors (Lipinski definition) is 5. The van der Waals surface area contributed by atoms with Gasteiger partial charge in [-0.3, -0.25) is 14.4 Å². The molecule has 0 aliphatic carbocycles. The van der Waals surface area contributed by atoms with Crippen LogP contribution < -0.4 is 10.7 Å². The number of carbonyl (C=O) groups excluding carboxylic acids is 3. The quantitative estimate of drug-likeness (QED) is 0.142. The maximum absolute atomic E-state index is 12.8. The van der Waals surface area contributed by atoms with Gasteiger partial charge in [0, 0.05) is 6.21 Å². The largest absolute Gasteiger partial charge is 0.504 e. The van der Waals surface area contributed by atoms with Crippen molar-refractivity contribution in [3.05, 3.63) is 22.7 Å². The van der Waals surface area contributed by atoms with E-state index in [-0.39, 0.29) is 12.0 Å². The third-order valence-corrected chi connectivity index (χ3v) is 8.60. The zero-order valence-electron chi connectivity index (χ0n) is 17.1. The van der Waals surface area contributed by atoms with Gasteiger partial charge in [-0.05, 0) is 26.0 Å². The summed E-state index contributed by atoms with van der Waals surface area (Å²) in [5, 5.41) is 32.6. The van der Waals surface area contributed by atoms with Crippen molar-refractivity contribution < 1.29 is 42.9 Å². The van der Waals surface area contributed by atoms with Crippen molar-refractivity contribution in [3.8, 4) is 11.5 Å². The second-order valence-corrected chi connectivity index (χ2v) is 10.5. The molecule has 2 saturated heterocycles. The number of carbonyl (C=O) groups is 4. The van der Waals surface area contributed by atoms with Gasteiger partial charge in [-0.1, -0.05) is 11.6 Å². The summed E-state index contributed by atoms with van der Waals surface area (Å²) < 4.78 is 23.4. The summed E-state index contributed by atoms with van der Waals surface area (Å²) in [5.74, 6) is -5.16. The van der Waals surface area contributed by atoms with Gasteiger partial charge in [-0.2, -0.15) is 5.10 Å². The van der Waals surface area contributed by atoms with Crippen LogP contribution in [0.25, 0.3) is 0 Å². The van der Waals surface area contributed by atoms with Crippen LogP contribution in [0.3, 0.4) is 0 Å². The van der Waals surface area contributed by atoms with Crippen LogP contribution in [-0.4, -0.2) is 80.7 Å². The molecule has 0 bridgehead atoms. The average molecular weight is 503 g/mol. The Bertz CT molecular complexity index is 1200. The Hall–Kier alpha value is -3.39. The van der Waals surface area contributed by atoms with Crippen LogP contribution in [0.4, 0.5) is 0 Å². The molecule has 0 aromatic heterocycles. The molecule has 3 rings (SSSR count). The number of carboxylic acid groups (broad SMARTS) is 1. The normalized spacial score (nSPS) is 26.4. The van der Waals surface area contributed by atoms with Gasteiger partial charge in [-0.25, -0.2) is 18.6 Å². The maximum atomic E-state index is 12.8. The lowest BCUT2D eigenvalue weighted by Crippen LogP contribution is -2.57. The summed E-state index contributed by atoms with van der Waals surface area (Å²) in [6, 6.07) is -0.777. The molecule has 4 atom stereocenters. The molecule has 1 aromatic rings. The Morgan fingerprint density at radius 1 is 1.33 bits per heavy atom. The van der Waals surface area contributed by atoms with E-state index in [2.05, 4.69) is 10.4 Å². The topological polar surface area (TPSA) is 203 Å². The summed E-state index contributed by atoms with van der Waals surface area (Å²) in [5.41, 5.74) is 1.79. The summed E-state index contributed by atoms with van der Waals surface area (Å²) in [7, 11) is -4.15. The number of hydrogen-bond acceptors (Lipinski definition) is 9. The minimum Gasteiger partial charge on any atom is -0.504 e. The second kappa shape index (κ2) is 8.19. The van der Waals surface area contributed by atoms with E-state index in [1.165, 1.54) is 6.92 Å². The highest BCUT2D eigenvalue weighted by Gasteiger charge is 2.69. The standard InChI is InChI=1S/C18H19ClN4O9S/c1-7(21-16(28)8-3-4-9(24)13(26)12(8)19)15(27)22-20-6-18(2)14(17(29)30)23-10(25)5-11(23)33(18,31)32/h3-4,6-7,11,14,24,26H,5H2,1-2H3,(H,21,28)(H,22,27)(H,29,30)/b20-6+/t7?,11-,14+,18+/m1/s1. The predicted octanol–water partition coefficient (Wildman–Crippen LogP) is -0.830. The summed E-state index contributed by atoms with van der Waals surface area (Å²) >= 11 is 5.81. The molecule has 1 aromatic carbocycles. The van der Waals surface area contributed by atoms with E-state index in [4.69, 9.17) is 11.6 Å². The number of fused-ring (bicyclic) bond motifs is 1. The molecule has 2 aliphatic rings. The van der Waals surface area contributed by atoms with Gasteiger partial charge >= 0.3 is 5.97 Å². The van der Waals surface area contributed by atoms with Crippen molar-refractivity contribution in [3.63, 3.8) is 0 Å². The van der Waals surface area contributed by atoms with Crippen LogP contribution in [0.15, 0.2) is 17.2 Å². The van der Waals surface area contributed by atoms with Crippen molar-refractivity contribution in [1.29, 1.82) is 0 Å². The van der Waals surface area contributed by atoms with Crippen LogP contribution in [-0.2, 0) is 24.2 Å². The Morgan fingerprint density at radius 3 is 2.55 bits per heavy atom. The first-order valence-electron chi connectivity index (χ1n) is 9.36. The number of benzene rings is 1. The van der Waals surface area contributed by atoms with Crippen molar-refractivity contribution in [2.24, 2.45) is 5.10 Å². The number of amides is 3. The zero-order chi connectivity index (χ0) is 24.9. The molecule has 0 saturated carbocycles. The van der Waals surface area contributed by atoms with Crippen LogP contribution in [0.5, 0.6) is 11.5 Å². The Labute approximate surface area is 191 Å². The number of phenols is 2. The molecule has 13 nitrogen and oxygen atoms in total. The SMILES string of the molecule is CC(NC(=O)c1ccc(O)c(O)c1Cl)C(=O)N/N=C/[C@@]1(C)[C@H](C(=O)O)N2C(=O)C[C@H]2S1(=O)=O. The molecule has 0 spiro atoms. The molecule has 2 aliphatic heterocycles. The number of nitrogens with zero attached hydrogens (tertiary/aromatic N) is 2.